The molecule has 0 spiro atoms. The van der Waals surface area contributed by atoms with Crippen LogP contribution in [0.1, 0.15) is 5.82 Å². The van der Waals surface area contributed by atoms with Crippen LogP contribution in [-0.4, -0.2) is 39.1 Å². The SMILES string of the molecule is Cn1c(CN2C[C@@H]3C(COc4cccc(F)c4)[C@@H]3C2)nc2ncccc21. The molecule has 3 heterocycles. The Labute approximate surface area is 151 Å². The lowest BCUT2D eigenvalue weighted by molar-refractivity contribution is 0.226. The van der Waals surface area contributed by atoms with E-state index in [1.54, 1.807) is 12.3 Å². The summed E-state index contributed by atoms with van der Waals surface area (Å²) < 4.78 is 21.1. The minimum atomic E-state index is -0.249. The summed E-state index contributed by atoms with van der Waals surface area (Å²) in [6.07, 6.45) is 1.79. The average molecular weight is 352 g/mol. The second-order valence-corrected chi connectivity index (χ2v) is 7.39. The quantitative estimate of drug-likeness (QED) is 0.708. The van der Waals surface area contributed by atoms with Gasteiger partial charge in [-0.1, -0.05) is 6.07 Å². The van der Waals surface area contributed by atoms with Crippen molar-refractivity contribution in [3.05, 3.63) is 54.2 Å². The number of ether oxygens (including phenoxy) is 1. The molecule has 1 aliphatic carbocycles. The van der Waals surface area contributed by atoms with Crippen LogP contribution in [-0.2, 0) is 13.6 Å². The number of imidazole rings is 1. The van der Waals surface area contributed by atoms with Crippen LogP contribution in [0.15, 0.2) is 42.6 Å². The maximum atomic E-state index is 13.2. The first kappa shape index (κ1) is 15.8. The third-order valence-corrected chi connectivity index (χ3v) is 5.80. The van der Waals surface area contributed by atoms with E-state index in [2.05, 4.69) is 32.5 Å². The Morgan fingerprint density at radius 2 is 2.04 bits per heavy atom. The van der Waals surface area contributed by atoms with Gasteiger partial charge in [-0.3, -0.25) is 4.90 Å². The topological polar surface area (TPSA) is 43.2 Å². The van der Waals surface area contributed by atoms with E-state index in [0.29, 0.717) is 30.1 Å². The van der Waals surface area contributed by atoms with Crippen LogP contribution in [0.5, 0.6) is 5.75 Å². The molecule has 0 N–H and O–H groups in total. The first-order valence-corrected chi connectivity index (χ1v) is 9.06. The van der Waals surface area contributed by atoms with E-state index >= 15 is 0 Å². The number of hydrogen-bond donors (Lipinski definition) is 0. The number of piperidine rings is 1. The van der Waals surface area contributed by atoms with Crippen LogP contribution in [0, 0.1) is 23.6 Å². The molecule has 0 bridgehead atoms. The summed E-state index contributed by atoms with van der Waals surface area (Å²) in [5.41, 5.74) is 1.89. The van der Waals surface area contributed by atoms with Gasteiger partial charge in [0, 0.05) is 38.3 Å². The maximum absolute atomic E-state index is 13.2. The van der Waals surface area contributed by atoms with Gasteiger partial charge in [-0.05, 0) is 36.1 Å². The monoisotopic (exact) mass is 352 g/mol. The van der Waals surface area contributed by atoms with Gasteiger partial charge in [-0.25, -0.2) is 14.4 Å². The number of hydrogen-bond acceptors (Lipinski definition) is 4. The van der Waals surface area contributed by atoms with E-state index in [9.17, 15) is 4.39 Å². The molecule has 26 heavy (non-hydrogen) atoms. The van der Waals surface area contributed by atoms with Crippen molar-refractivity contribution in [3.63, 3.8) is 0 Å². The summed E-state index contributed by atoms with van der Waals surface area (Å²) in [4.78, 5) is 11.5. The minimum Gasteiger partial charge on any atom is -0.493 e. The fourth-order valence-corrected chi connectivity index (χ4v) is 4.28. The van der Waals surface area contributed by atoms with Crippen molar-refractivity contribution in [2.75, 3.05) is 19.7 Å². The summed E-state index contributed by atoms with van der Waals surface area (Å²) in [6, 6.07) is 10.4. The van der Waals surface area contributed by atoms with Crippen molar-refractivity contribution in [2.24, 2.45) is 24.8 Å². The van der Waals surface area contributed by atoms with E-state index in [4.69, 9.17) is 4.74 Å². The van der Waals surface area contributed by atoms with Crippen LogP contribution in [0.2, 0.25) is 0 Å². The highest BCUT2D eigenvalue weighted by Crippen LogP contribution is 2.52. The lowest BCUT2D eigenvalue weighted by atomic mass is 10.2. The Hall–Kier alpha value is -2.47. The van der Waals surface area contributed by atoms with Crippen molar-refractivity contribution >= 4 is 11.2 Å². The van der Waals surface area contributed by atoms with Crippen LogP contribution >= 0.6 is 0 Å². The van der Waals surface area contributed by atoms with Crippen molar-refractivity contribution in [1.82, 2.24) is 19.4 Å². The Balaban J connectivity index is 1.17. The highest BCUT2D eigenvalue weighted by atomic mass is 19.1. The minimum absolute atomic E-state index is 0.249. The Morgan fingerprint density at radius 3 is 2.81 bits per heavy atom. The number of likely N-dealkylation sites (tertiary alicyclic amines) is 1. The molecule has 1 aromatic carbocycles. The van der Waals surface area contributed by atoms with Gasteiger partial charge < -0.3 is 9.30 Å². The summed E-state index contributed by atoms with van der Waals surface area (Å²) in [5.74, 6) is 3.41. The second kappa shape index (κ2) is 6.06. The Bertz CT molecular complexity index is 944. The number of aromatic nitrogens is 3. The fourth-order valence-electron chi connectivity index (χ4n) is 4.28. The van der Waals surface area contributed by atoms with Crippen molar-refractivity contribution in [2.45, 2.75) is 6.54 Å². The molecule has 5 rings (SSSR count). The molecule has 0 radical (unpaired) electrons. The van der Waals surface area contributed by atoms with Gasteiger partial charge in [0.05, 0.1) is 18.7 Å². The number of pyridine rings is 1. The van der Waals surface area contributed by atoms with E-state index in [1.165, 1.54) is 12.1 Å². The normalized spacial score (nSPS) is 24.8. The first-order chi connectivity index (χ1) is 12.7. The zero-order valence-corrected chi connectivity index (χ0v) is 14.7. The molecule has 5 nitrogen and oxygen atoms in total. The average Bonchev–Trinajstić information content (AvgIpc) is 2.96. The highest BCUT2D eigenvalue weighted by molar-refractivity contribution is 5.71. The number of benzene rings is 1. The van der Waals surface area contributed by atoms with Gasteiger partial charge in [0.1, 0.15) is 17.4 Å². The second-order valence-electron chi connectivity index (χ2n) is 7.39. The molecule has 2 fully saturated rings. The lowest BCUT2D eigenvalue weighted by Crippen LogP contribution is -2.26. The van der Waals surface area contributed by atoms with Crippen molar-refractivity contribution in [3.8, 4) is 5.75 Å². The van der Waals surface area contributed by atoms with E-state index in [-0.39, 0.29) is 5.82 Å². The third-order valence-electron chi connectivity index (χ3n) is 5.80. The molecule has 1 saturated carbocycles. The van der Waals surface area contributed by atoms with Crippen LogP contribution < -0.4 is 4.74 Å². The van der Waals surface area contributed by atoms with E-state index in [1.807, 2.05) is 12.1 Å². The molecule has 134 valence electrons. The molecule has 0 amide bonds. The van der Waals surface area contributed by atoms with Crippen LogP contribution in [0.25, 0.3) is 11.2 Å². The molecule has 2 aromatic heterocycles. The number of halogens is 1. The van der Waals surface area contributed by atoms with Gasteiger partial charge in [0.15, 0.2) is 5.65 Å². The molecular weight excluding hydrogens is 331 g/mol. The number of fused-ring (bicyclic) bond motifs is 2. The summed E-state index contributed by atoms with van der Waals surface area (Å²) in [5, 5.41) is 0. The number of rotatable bonds is 5. The van der Waals surface area contributed by atoms with Gasteiger partial charge in [-0.2, -0.15) is 0 Å². The van der Waals surface area contributed by atoms with Crippen LogP contribution in [0.3, 0.4) is 0 Å². The zero-order chi connectivity index (χ0) is 17.7. The third kappa shape index (κ3) is 2.74. The maximum Gasteiger partial charge on any atom is 0.177 e. The van der Waals surface area contributed by atoms with Gasteiger partial charge in [0.25, 0.3) is 0 Å². The van der Waals surface area contributed by atoms with Crippen molar-refractivity contribution < 1.29 is 9.13 Å². The molecule has 1 aliphatic heterocycles. The number of nitrogens with zero attached hydrogens (tertiary/aromatic N) is 4. The largest absolute Gasteiger partial charge is 0.493 e. The molecule has 1 saturated heterocycles. The summed E-state index contributed by atoms with van der Waals surface area (Å²) in [6.45, 7) is 3.71. The Morgan fingerprint density at radius 1 is 1.19 bits per heavy atom. The van der Waals surface area contributed by atoms with Gasteiger partial charge >= 0.3 is 0 Å². The molecule has 2 aliphatic rings. The van der Waals surface area contributed by atoms with Gasteiger partial charge in [0.2, 0.25) is 0 Å². The summed E-state index contributed by atoms with van der Waals surface area (Å²) in [7, 11) is 2.05. The predicted octanol–water partition coefficient (Wildman–Crippen LogP) is 2.86. The predicted molar refractivity (Wildman–Crippen MR) is 96.2 cm³/mol. The van der Waals surface area contributed by atoms with Crippen LogP contribution in [0.4, 0.5) is 4.39 Å². The summed E-state index contributed by atoms with van der Waals surface area (Å²) >= 11 is 0. The van der Waals surface area contributed by atoms with E-state index < -0.39 is 0 Å². The van der Waals surface area contributed by atoms with Gasteiger partial charge in [-0.15, -0.1) is 0 Å². The molecule has 3 aromatic rings. The molecular formula is C20H21FN4O. The van der Waals surface area contributed by atoms with Crippen molar-refractivity contribution in [1.29, 1.82) is 0 Å². The molecule has 3 atom stereocenters. The lowest BCUT2D eigenvalue weighted by Gasteiger charge is -2.19. The highest BCUT2D eigenvalue weighted by Gasteiger charge is 2.55. The number of aryl methyl sites for hydroxylation is 1. The Kier molecular flexibility index (Phi) is 3.67. The molecule has 1 unspecified atom stereocenters. The smallest absolute Gasteiger partial charge is 0.177 e. The zero-order valence-electron chi connectivity index (χ0n) is 14.7. The van der Waals surface area contributed by atoms with E-state index in [0.717, 1.165) is 36.6 Å². The molecule has 6 heteroatoms. The first-order valence-electron chi connectivity index (χ1n) is 9.06. The fraction of sp³-hybridized carbons (Fsp3) is 0.400. The standard InChI is InChI=1S/C20H21FN4O/c1-24-18-6-3-7-22-20(18)23-19(24)11-25-9-15-16(10-25)17(15)12-26-14-5-2-4-13(21)8-14/h2-8,15-17H,9-12H2,1H3/t15-,16+,17?.